The van der Waals surface area contributed by atoms with Crippen LogP contribution in [0.1, 0.15) is 29.7 Å². The number of carbonyl (C=O) groups excluding carboxylic acids is 1. The van der Waals surface area contributed by atoms with Crippen LogP contribution in [-0.4, -0.2) is 90.7 Å². The second-order valence-electron chi connectivity index (χ2n) is 10.8. The van der Waals surface area contributed by atoms with Crippen LogP contribution < -0.4 is 14.5 Å². The number of amides is 1. The van der Waals surface area contributed by atoms with Crippen molar-refractivity contribution in [2.24, 2.45) is 0 Å². The summed E-state index contributed by atoms with van der Waals surface area (Å²) < 4.78 is 62.5. The molecule has 1 aromatic heterocycles. The zero-order valence-electron chi connectivity index (χ0n) is 23.4. The average Bonchev–Trinajstić information content (AvgIpc) is 3.38. The first-order valence-corrected chi connectivity index (χ1v) is 13.9. The van der Waals surface area contributed by atoms with Crippen LogP contribution in [0.25, 0.3) is 4.85 Å². The summed E-state index contributed by atoms with van der Waals surface area (Å²) in [6, 6.07) is 2.86. The number of anilines is 2. The summed E-state index contributed by atoms with van der Waals surface area (Å²) in [6.07, 6.45) is -1.20. The zero-order chi connectivity index (χ0) is 30.0. The van der Waals surface area contributed by atoms with E-state index in [1.165, 1.54) is 11.0 Å². The molecule has 0 aliphatic carbocycles. The van der Waals surface area contributed by atoms with Gasteiger partial charge in [-0.25, -0.2) is 11.0 Å². The molecule has 1 amide bonds. The molecular formula is C29H33F4N7O2. The molecule has 3 aliphatic rings. The topological polar surface area (TPSA) is 69.4 Å². The summed E-state index contributed by atoms with van der Waals surface area (Å²) in [5.41, 5.74) is -0.333. The smallest absolute Gasteiger partial charge is 0.418 e. The molecule has 2 atom stereocenters. The van der Waals surface area contributed by atoms with Crippen LogP contribution in [0.15, 0.2) is 30.9 Å². The minimum absolute atomic E-state index is 0.0606. The number of ether oxygens (including phenoxy) is 1. The number of alkyl halides is 3. The molecule has 0 saturated carbocycles. The van der Waals surface area contributed by atoms with E-state index in [1.807, 2.05) is 11.9 Å². The number of aromatic nitrogens is 2. The maximum atomic E-state index is 14.9. The van der Waals surface area contributed by atoms with Crippen molar-refractivity contribution in [3.8, 4) is 6.01 Å². The standard InChI is InChI=1S/C29H33F4N7O2/c1-4-25(41)40-14-13-39(16-20(40)15-34-2)27-21-10-12-38(26-22(29(31,32)33)8-5-9-23(26)30)17-24(21)35-28(36-27)42-18-19-7-6-11-37(19)3/h4-5,8-9,19-20H,1,6-7,10-18H2,3H3/t19-,20?/m0/s1. The van der Waals surface area contributed by atoms with E-state index in [2.05, 4.69) is 21.3 Å². The van der Waals surface area contributed by atoms with Gasteiger partial charge in [0, 0.05) is 37.8 Å². The monoisotopic (exact) mass is 587 g/mol. The van der Waals surface area contributed by atoms with Gasteiger partial charge in [0.15, 0.2) is 0 Å². The highest BCUT2D eigenvalue weighted by molar-refractivity contribution is 5.87. The highest BCUT2D eigenvalue weighted by Gasteiger charge is 2.39. The van der Waals surface area contributed by atoms with Gasteiger partial charge in [-0.15, -0.1) is 0 Å². The first-order chi connectivity index (χ1) is 20.1. The molecule has 224 valence electrons. The summed E-state index contributed by atoms with van der Waals surface area (Å²) in [7, 11) is 2.02. The molecule has 5 rings (SSSR count). The fraction of sp³-hybridized carbons (Fsp3) is 0.517. The van der Waals surface area contributed by atoms with Crippen molar-refractivity contribution in [2.75, 3.05) is 62.7 Å². The van der Waals surface area contributed by atoms with Crippen LogP contribution in [0, 0.1) is 12.4 Å². The highest BCUT2D eigenvalue weighted by atomic mass is 19.4. The van der Waals surface area contributed by atoms with Crippen molar-refractivity contribution in [3.05, 3.63) is 64.9 Å². The molecule has 9 nitrogen and oxygen atoms in total. The molecule has 2 saturated heterocycles. The first-order valence-electron chi connectivity index (χ1n) is 13.9. The minimum atomic E-state index is -4.73. The van der Waals surface area contributed by atoms with Crippen molar-refractivity contribution in [2.45, 2.75) is 44.1 Å². The van der Waals surface area contributed by atoms with Crippen LogP contribution in [-0.2, 0) is 23.9 Å². The Morgan fingerprint density at radius 2 is 2.00 bits per heavy atom. The number of likely N-dealkylation sites (N-methyl/N-ethyl adjacent to an activating group) is 1. The fourth-order valence-corrected chi connectivity index (χ4v) is 6.05. The molecule has 3 aliphatic heterocycles. The second kappa shape index (κ2) is 12.1. The van der Waals surface area contributed by atoms with Crippen LogP contribution in [0.4, 0.5) is 29.1 Å². The fourth-order valence-electron chi connectivity index (χ4n) is 6.05. The molecule has 13 heteroatoms. The van der Waals surface area contributed by atoms with E-state index in [9.17, 15) is 22.4 Å². The third-order valence-corrected chi connectivity index (χ3v) is 8.25. The molecule has 2 aromatic rings. The third kappa shape index (κ3) is 5.99. The predicted molar refractivity (Wildman–Crippen MR) is 149 cm³/mol. The Hall–Kier alpha value is -3.92. The number of halogens is 4. The van der Waals surface area contributed by atoms with Crippen molar-refractivity contribution < 1.29 is 27.1 Å². The van der Waals surface area contributed by atoms with E-state index in [1.54, 1.807) is 4.90 Å². The van der Waals surface area contributed by atoms with Gasteiger partial charge in [-0.2, -0.15) is 23.1 Å². The molecule has 2 fully saturated rings. The van der Waals surface area contributed by atoms with E-state index in [0.717, 1.165) is 43.1 Å². The number of benzene rings is 1. The number of fused-ring (bicyclic) bond motifs is 1. The van der Waals surface area contributed by atoms with Crippen molar-refractivity contribution >= 4 is 17.4 Å². The van der Waals surface area contributed by atoms with Gasteiger partial charge in [-0.1, -0.05) is 12.6 Å². The number of para-hydroxylation sites is 1. The Labute approximate surface area is 242 Å². The van der Waals surface area contributed by atoms with Crippen molar-refractivity contribution in [1.29, 1.82) is 0 Å². The summed E-state index contributed by atoms with van der Waals surface area (Å²) in [6.45, 7) is 13.6. The Morgan fingerprint density at radius 3 is 2.69 bits per heavy atom. The lowest BCUT2D eigenvalue weighted by Crippen LogP contribution is -2.56. The molecule has 0 spiro atoms. The van der Waals surface area contributed by atoms with E-state index in [0.29, 0.717) is 37.8 Å². The Bertz CT molecular complexity index is 1380. The number of hydrogen-bond donors (Lipinski definition) is 0. The Kier molecular flexibility index (Phi) is 8.54. The van der Waals surface area contributed by atoms with Crippen LogP contribution in [0.2, 0.25) is 0 Å². The quantitative estimate of drug-likeness (QED) is 0.278. The summed E-state index contributed by atoms with van der Waals surface area (Å²) in [5.74, 6) is -0.633. The molecule has 42 heavy (non-hydrogen) atoms. The van der Waals surface area contributed by atoms with Gasteiger partial charge in [0.05, 0.1) is 23.5 Å². The highest BCUT2D eigenvalue weighted by Crippen LogP contribution is 2.40. The third-order valence-electron chi connectivity index (χ3n) is 8.25. The number of piperazine rings is 1. The number of rotatable bonds is 7. The minimum Gasteiger partial charge on any atom is -0.462 e. The first kappa shape index (κ1) is 29.6. The van der Waals surface area contributed by atoms with Crippen molar-refractivity contribution in [3.63, 3.8) is 0 Å². The largest absolute Gasteiger partial charge is 0.462 e. The lowest BCUT2D eigenvalue weighted by Gasteiger charge is -2.41. The number of carbonyl (C=O) groups is 1. The summed E-state index contributed by atoms with van der Waals surface area (Å²) in [4.78, 5) is 32.5. The molecule has 1 aromatic carbocycles. The maximum Gasteiger partial charge on any atom is 0.418 e. The Balaban J connectivity index is 1.49. The summed E-state index contributed by atoms with van der Waals surface area (Å²) >= 11 is 0. The molecule has 4 heterocycles. The van der Waals surface area contributed by atoms with Crippen molar-refractivity contribution in [1.82, 2.24) is 19.8 Å². The molecule has 1 unspecified atom stereocenters. The lowest BCUT2D eigenvalue weighted by atomic mass is 10.0. The second-order valence-corrected chi connectivity index (χ2v) is 10.8. The van der Waals surface area contributed by atoms with Crippen LogP contribution in [0.5, 0.6) is 6.01 Å². The van der Waals surface area contributed by atoms with Gasteiger partial charge in [0.25, 0.3) is 0 Å². The normalized spacial score (nSPS) is 21.2. The maximum absolute atomic E-state index is 14.9. The molecule has 0 bridgehead atoms. The van der Waals surface area contributed by atoms with Gasteiger partial charge >= 0.3 is 12.2 Å². The van der Waals surface area contributed by atoms with Crippen LogP contribution >= 0.6 is 0 Å². The van der Waals surface area contributed by atoms with E-state index in [-0.39, 0.29) is 44.0 Å². The number of likely N-dealkylation sites (tertiary alicyclic amines) is 1. The average molecular weight is 588 g/mol. The van der Waals surface area contributed by atoms with Gasteiger partial charge in [0.2, 0.25) is 12.5 Å². The molecule has 0 radical (unpaired) electrons. The lowest BCUT2D eigenvalue weighted by molar-refractivity contribution is -0.137. The van der Waals surface area contributed by atoms with Crippen LogP contribution in [0.3, 0.4) is 0 Å². The van der Waals surface area contributed by atoms with E-state index >= 15 is 0 Å². The predicted octanol–water partition coefficient (Wildman–Crippen LogP) is 3.79. The molecule has 0 N–H and O–H groups in total. The van der Waals surface area contributed by atoms with Gasteiger partial charge in [-0.3, -0.25) is 4.79 Å². The number of nitrogens with zero attached hydrogens (tertiary/aromatic N) is 7. The number of hydrogen-bond acceptors (Lipinski definition) is 7. The zero-order valence-corrected chi connectivity index (χ0v) is 23.4. The van der Waals surface area contributed by atoms with Gasteiger partial charge in [0.1, 0.15) is 24.3 Å². The SMILES string of the molecule is [C-]#[N+]CC1CN(c2nc(OC[C@@H]3CCCN3C)nc3c2CCN(c2c(F)cccc2C(F)(F)F)C3)CCN1C(=O)C=C. The molecular weight excluding hydrogens is 554 g/mol. The van der Waals surface area contributed by atoms with Gasteiger partial charge < -0.3 is 29.2 Å². The Morgan fingerprint density at radius 1 is 1.19 bits per heavy atom. The summed E-state index contributed by atoms with van der Waals surface area (Å²) in [5, 5.41) is 0. The van der Waals surface area contributed by atoms with E-state index < -0.39 is 29.3 Å². The van der Waals surface area contributed by atoms with Gasteiger partial charge in [-0.05, 0) is 51.1 Å². The van der Waals surface area contributed by atoms with E-state index in [4.69, 9.17) is 16.3 Å².